The second kappa shape index (κ2) is 10.4. The summed E-state index contributed by atoms with van der Waals surface area (Å²) in [6.07, 6.45) is 3.73. The fourth-order valence-corrected chi connectivity index (χ4v) is 3.59. The lowest BCUT2D eigenvalue weighted by molar-refractivity contribution is 0.747. The molecule has 0 radical (unpaired) electrons. The first-order valence-corrected chi connectivity index (χ1v) is 9.36. The number of rotatable bonds is 8. The third kappa shape index (κ3) is 6.60. The molecule has 1 saturated heterocycles. The molecule has 1 heterocycles. The molecule has 0 saturated carbocycles. The van der Waals surface area contributed by atoms with Crippen LogP contribution in [0, 0.1) is 0 Å². The average molecular weight is 321 g/mol. The Kier molecular flexibility index (Phi) is 8.02. The number of hydrogen-bond donors (Lipinski definition) is 3. The van der Waals surface area contributed by atoms with Crippen LogP contribution in [-0.2, 0) is 0 Å². The summed E-state index contributed by atoms with van der Waals surface area (Å²) in [7, 11) is 0. The smallest absolute Gasteiger partial charge is 0.191 e. The zero-order chi connectivity index (χ0) is 15.5. The lowest BCUT2D eigenvalue weighted by atomic mass is 10.2. The average Bonchev–Trinajstić information content (AvgIpc) is 3.06. The standard InChI is InChI=1S/C17H28N4S/c1-2-18-17(21-14-16-10-6-13-22-16)20-12-7-11-19-15-8-4-3-5-9-15/h3-5,8-9,16,19H,2,6-7,10-14H2,1H3,(H2,18,20,21). The molecule has 122 valence electrons. The maximum atomic E-state index is 4.70. The first-order chi connectivity index (χ1) is 10.9. The summed E-state index contributed by atoms with van der Waals surface area (Å²) in [6, 6.07) is 10.3. The molecule has 0 aromatic heterocycles. The SMILES string of the molecule is CCNC(=NCC1CCCS1)NCCCNc1ccccc1. The topological polar surface area (TPSA) is 48.5 Å². The van der Waals surface area contributed by atoms with Gasteiger partial charge in [0.15, 0.2) is 5.96 Å². The number of nitrogens with one attached hydrogen (secondary N) is 3. The van der Waals surface area contributed by atoms with Crippen LogP contribution in [0.5, 0.6) is 0 Å². The van der Waals surface area contributed by atoms with Crippen molar-refractivity contribution < 1.29 is 0 Å². The van der Waals surface area contributed by atoms with Crippen molar-refractivity contribution in [3.8, 4) is 0 Å². The van der Waals surface area contributed by atoms with Gasteiger partial charge in [-0.3, -0.25) is 4.99 Å². The van der Waals surface area contributed by atoms with Gasteiger partial charge >= 0.3 is 0 Å². The second-order valence-corrected chi connectivity index (χ2v) is 6.84. The molecule has 2 rings (SSSR count). The Hall–Kier alpha value is -1.36. The van der Waals surface area contributed by atoms with Crippen LogP contribution in [-0.4, -0.2) is 43.1 Å². The molecule has 1 fully saturated rings. The molecule has 0 spiro atoms. The van der Waals surface area contributed by atoms with Gasteiger partial charge in [-0.05, 0) is 44.1 Å². The summed E-state index contributed by atoms with van der Waals surface area (Å²) in [5.41, 5.74) is 1.18. The van der Waals surface area contributed by atoms with Crippen LogP contribution in [0.25, 0.3) is 0 Å². The van der Waals surface area contributed by atoms with Gasteiger partial charge in [0.25, 0.3) is 0 Å². The first kappa shape index (κ1) is 17.0. The Balaban J connectivity index is 1.62. The van der Waals surface area contributed by atoms with E-state index in [1.165, 1.54) is 24.3 Å². The lowest BCUT2D eigenvalue weighted by Crippen LogP contribution is -2.38. The second-order valence-electron chi connectivity index (χ2n) is 5.43. The largest absolute Gasteiger partial charge is 0.385 e. The third-order valence-corrected chi connectivity index (χ3v) is 4.95. The number of para-hydroxylation sites is 1. The maximum Gasteiger partial charge on any atom is 0.191 e. The van der Waals surface area contributed by atoms with Gasteiger partial charge in [0, 0.05) is 30.6 Å². The van der Waals surface area contributed by atoms with E-state index in [2.05, 4.69) is 58.9 Å². The summed E-state index contributed by atoms with van der Waals surface area (Å²) in [5, 5.41) is 10.9. The van der Waals surface area contributed by atoms with Gasteiger partial charge < -0.3 is 16.0 Å². The van der Waals surface area contributed by atoms with Crippen LogP contribution in [0.4, 0.5) is 5.69 Å². The van der Waals surface area contributed by atoms with Crippen LogP contribution in [0.1, 0.15) is 26.2 Å². The minimum Gasteiger partial charge on any atom is -0.385 e. The zero-order valence-electron chi connectivity index (χ0n) is 13.5. The minimum atomic E-state index is 0.718. The Morgan fingerprint density at radius 2 is 2.09 bits per heavy atom. The number of nitrogens with zero attached hydrogens (tertiary/aromatic N) is 1. The van der Waals surface area contributed by atoms with Crippen molar-refractivity contribution in [3.63, 3.8) is 0 Å². The van der Waals surface area contributed by atoms with Gasteiger partial charge in [-0.2, -0.15) is 11.8 Å². The predicted octanol–water partition coefficient (Wildman–Crippen LogP) is 2.94. The van der Waals surface area contributed by atoms with E-state index in [1.807, 2.05) is 6.07 Å². The van der Waals surface area contributed by atoms with Crippen molar-refractivity contribution in [3.05, 3.63) is 30.3 Å². The van der Waals surface area contributed by atoms with Crippen molar-refractivity contribution in [1.29, 1.82) is 0 Å². The van der Waals surface area contributed by atoms with Gasteiger partial charge in [-0.15, -0.1) is 0 Å². The Bertz CT molecular complexity index is 430. The Morgan fingerprint density at radius 3 is 2.82 bits per heavy atom. The van der Waals surface area contributed by atoms with Crippen LogP contribution in [0.2, 0.25) is 0 Å². The number of guanidine groups is 1. The van der Waals surface area contributed by atoms with E-state index in [9.17, 15) is 0 Å². The fraction of sp³-hybridized carbons (Fsp3) is 0.588. The number of hydrogen-bond acceptors (Lipinski definition) is 3. The number of anilines is 1. The van der Waals surface area contributed by atoms with E-state index >= 15 is 0 Å². The molecule has 5 heteroatoms. The summed E-state index contributed by atoms with van der Waals surface area (Å²) >= 11 is 2.06. The molecule has 0 amide bonds. The van der Waals surface area contributed by atoms with Gasteiger partial charge in [0.2, 0.25) is 0 Å². The lowest BCUT2D eigenvalue weighted by Gasteiger charge is -2.13. The van der Waals surface area contributed by atoms with Gasteiger partial charge in [0.1, 0.15) is 0 Å². The fourth-order valence-electron chi connectivity index (χ4n) is 2.41. The van der Waals surface area contributed by atoms with E-state index in [0.717, 1.165) is 43.8 Å². The molecule has 22 heavy (non-hydrogen) atoms. The molecule has 0 aliphatic carbocycles. The third-order valence-electron chi connectivity index (χ3n) is 3.57. The monoisotopic (exact) mass is 320 g/mol. The highest BCUT2D eigenvalue weighted by Crippen LogP contribution is 2.25. The first-order valence-electron chi connectivity index (χ1n) is 8.31. The summed E-state index contributed by atoms with van der Waals surface area (Å²) in [6.45, 7) is 5.85. The molecule has 1 aliphatic heterocycles. The quantitative estimate of drug-likeness (QED) is 0.391. The van der Waals surface area contributed by atoms with Crippen molar-refractivity contribution in [1.82, 2.24) is 10.6 Å². The summed E-state index contributed by atoms with van der Waals surface area (Å²) in [5.74, 6) is 2.25. The molecule has 1 aromatic carbocycles. The highest BCUT2D eigenvalue weighted by molar-refractivity contribution is 8.00. The van der Waals surface area contributed by atoms with Crippen LogP contribution in [0.3, 0.4) is 0 Å². The van der Waals surface area contributed by atoms with E-state index in [1.54, 1.807) is 0 Å². The predicted molar refractivity (Wildman–Crippen MR) is 99.0 cm³/mol. The normalized spacial score (nSPS) is 18.2. The number of benzene rings is 1. The molecule has 1 unspecified atom stereocenters. The maximum absolute atomic E-state index is 4.70. The highest BCUT2D eigenvalue weighted by Gasteiger charge is 2.14. The van der Waals surface area contributed by atoms with E-state index in [-0.39, 0.29) is 0 Å². The molecular weight excluding hydrogens is 292 g/mol. The summed E-state index contributed by atoms with van der Waals surface area (Å²) in [4.78, 5) is 4.70. The zero-order valence-corrected chi connectivity index (χ0v) is 14.3. The Labute approximate surface area is 138 Å². The van der Waals surface area contributed by atoms with Gasteiger partial charge in [0.05, 0.1) is 6.54 Å². The molecular formula is C17H28N4S. The van der Waals surface area contributed by atoms with Crippen LogP contribution < -0.4 is 16.0 Å². The molecule has 0 bridgehead atoms. The number of thioether (sulfide) groups is 1. The van der Waals surface area contributed by atoms with Crippen molar-refractivity contribution in [2.75, 3.05) is 37.2 Å². The van der Waals surface area contributed by atoms with Crippen LogP contribution in [0.15, 0.2) is 35.3 Å². The number of aliphatic imine (C=N–C) groups is 1. The molecule has 3 N–H and O–H groups in total. The molecule has 1 aliphatic rings. The van der Waals surface area contributed by atoms with Gasteiger partial charge in [-0.1, -0.05) is 18.2 Å². The highest BCUT2D eigenvalue weighted by atomic mass is 32.2. The molecule has 1 atom stereocenters. The van der Waals surface area contributed by atoms with Crippen LogP contribution >= 0.6 is 11.8 Å². The van der Waals surface area contributed by atoms with E-state index < -0.39 is 0 Å². The molecule has 1 aromatic rings. The van der Waals surface area contributed by atoms with E-state index in [4.69, 9.17) is 4.99 Å². The Morgan fingerprint density at radius 1 is 1.23 bits per heavy atom. The molecule has 4 nitrogen and oxygen atoms in total. The van der Waals surface area contributed by atoms with Gasteiger partial charge in [-0.25, -0.2) is 0 Å². The van der Waals surface area contributed by atoms with Crippen molar-refractivity contribution in [2.45, 2.75) is 31.4 Å². The summed E-state index contributed by atoms with van der Waals surface area (Å²) < 4.78 is 0. The van der Waals surface area contributed by atoms with E-state index in [0.29, 0.717) is 0 Å². The van der Waals surface area contributed by atoms with Crippen molar-refractivity contribution >= 4 is 23.4 Å². The minimum absolute atomic E-state index is 0.718. The van der Waals surface area contributed by atoms with Crippen molar-refractivity contribution in [2.24, 2.45) is 4.99 Å².